The second kappa shape index (κ2) is 4.77. The third kappa shape index (κ3) is 2.06. The Morgan fingerprint density at radius 1 is 1.16 bits per heavy atom. The van der Waals surface area contributed by atoms with E-state index in [0.29, 0.717) is 0 Å². The van der Waals surface area contributed by atoms with Gasteiger partial charge in [0.05, 0.1) is 18.9 Å². The predicted molar refractivity (Wildman–Crippen MR) is 73.5 cm³/mol. The van der Waals surface area contributed by atoms with Gasteiger partial charge in [-0.05, 0) is 20.8 Å². The molecule has 2 aromatic rings. The average Bonchev–Trinajstić information content (AvgIpc) is 2.76. The van der Waals surface area contributed by atoms with Crippen LogP contribution in [0.3, 0.4) is 0 Å². The van der Waals surface area contributed by atoms with Crippen LogP contribution in [0, 0.1) is 13.8 Å². The largest absolute Gasteiger partial charge is 0.378 e. The van der Waals surface area contributed by atoms with Crippen LogP contribution in [0.5, 0.6) is 0 Å². The van der Waals surface area contributed by atoms with Gasteiger partial charge in [-0.2, -0.15) is 5.10 Å². The van der Waals surface area contributed by atoms with Gasteiger partial charge in [0, 0.05) is 19.6 Å². The molecular weight excluding hydrogens is 242 g/mol. The van der Waals surface area contributed by atoms with Gasteiger partial charge in [0.2, 0.25) is 0 Å². The summed E-state index contributed by atoms with van der Waals surface area (Å²) in [6.45, 7) is 10.1. The van der Waals surface area contributed by atoms with Gasteiger partial charge in [-0.15, -0.1) is 0 Å². The fourth-order valence-electron chi connectivity index (χ4n) is 2.54. The third-order valence-electron chi connectivity index (χ3n) is 3.46. The van der Waals surface area contributed by atoms with Crippen LogP contribution in [-0.4, -0.2) is 46.1 Å². The quantitative estimate of drug-likeness (QED) is 0.815. The van der Waals surface area contributed by atoms with Crippen LogP contribution in [-0.2, 0) is 11.3 Å². The molecule has 3 heterocycles. The Bertz CT molecular complexity index is 601. The van der Waals surface area contributed by atoms with Crippen LogP contribution in [0.2, 0.25) is 0 Å². The summed E-state index contributed by atoms with van der Waals surface area (Å²) >= 11 is 0. The molecule has 19 heavy (non-hydrogen) atoms. The molecular formula is C13H19N5O. The summed E-state index contributed by atoms with van der Waals surface area (Å²) in [5.41, 5.74) is 2.99. The molecule has 0 N–H and O–H groups in total. The molecule has 0 aromatic carbocycles. The zero-order valence-electron chi connectivity index (χ0n) is 11.7. The number of aromatic nitrogens is 4. The minimum Gasteiger partial charge on any atom is -0.378 e. The average molecular weight is 261 g/mol. The Balaban J connectivity index is 2.20. The number of fused-ring (bicyclic) bond motifs is 1. The molecule has 1 aliphatic heterocycles. The van der Waals surface area contributed by atoms with Gasteiger partial charge in [-0.25, -0.2) is 9.97 Å². The van der Waals surface area contributed by atoms with Crippen molar-refractivity contribution in [2.75, 3.05) is 31.2 Å². The first-order valence-corrected chi connectivity index (χ1v) is 6.75. The second-order valence-corrected chi connectivity index (χ2v) is 4.79. The maximum atomic E-state index is 5.42. The first kappa shape index (κ1) is 12.3. The summed E-state index contributed by atoms with van der Waals surface area (Å²) in [6, 6.07) is 0. The first-order chi connectivity index (χ1) is 9.20. The van der Waals surface area contributed by atoms with E-state index in [1.165, 1.54) is 0 Å². The van der Waals surface area contributed by atoms with Crippen molar-refractivity contribution < 1.29 is 4.74 Å². The van der Waals surface area contributed by atoms with Gasteiger partial charge in [0.1, 0.15) is 16.9 Å². The molecule has 6 heteroatoms. The Morgan fingerprint density at radius 3 is 2.58 bits per heavy atom. The lowest BCUT2D eigenvalue weighted by Crippen LogP contribution is -2.37. The van der Waals surface area contributed by atoms with Crippen molar-refractivity contribution >= 4 is 16.9 Å². The van der Waals surface area contributed by atoms with Crippen molar-refractivity contribution in [1.82, 2.24) is 19.7 Å². The van der Waals surface area contributed by atoms with Crippen molar-refractivity contribution in [3.63, 3.8) is 0 Å². The van der Waals surface area contributed by atoms with E-state index >= 15 is 0 Å². The Morgan fingerprint density at radius 2 is 1.89 bits per heavy atom. The van der Waals surface area contributed by atoms with Crippen molar-refractivity contribution in [1.29, 1.82) is 0 Å². The normalized spacial score (nSPS) is 16.3. The molecule has 6 nitrogen and oxygen atoms in total. The number of morpholine rings is 1. The second-order valence-electron chi connectivity index (χ2n) is 4.79. The molecule has 1 fully saturated rings. The Labute approximate surface area is 112 Å². The highest BCUT2D eigenvalue weighted by molar-refractivity contribution is 5.88. The van der Waals surface area contributed by atoms with E-state index in [1.54, 1.807) is 0 Å². The standard InChI is InChI=1S/C13H19N5O/c1-4-18-12-11(9(2)16-18)14-10(3)15-13(12)17-5-7-19-8-6-17/h4-8H2,1-3H3. The number of hydrogen-bond acceptors (Lipinski definition) is 5. The molecule has 0 atom stereocenters. The lowest BCUT2D eigenvalue weighted by atomic mass is 10.3. The molecule has 1 aliphatic rings. The Kier molecular flexibility index (Phi) is 3.10. The van der Waals surface area contributed by atoms with Gasteiger partial charge in [0.15, 0.2) is 5.82 Å². The molecule has 0 aliphatic carbocycles. The highest BCUT2D eigenvalue weighted by Gasteiger charge is 2.21. The fraction of sp³-hybridized carbons (Fsp3) is 0.615. The van der Waals surface area contributed by atoms with Gasteiger partial charge in [-0.1, -0.05) is 0 Å². The molecule has 1 saturated heterocycles. The minimum atomic E-state index is 0.754. The maximum Gasteiger partial charge on any atom is 0.158 e. The third-order valence-corrected chi connectivity index (χ3v) is 3.46. The van der Waals surface area contributed by atoms with Crippen LogP contribution in [0.1, 0.15) is 18.4 Å². The molecule has 0 unspecified atom stereocenters. The van der Waals surface area contributed by atoms with Crippen molar-refractivity contribution in [3.8, 4) is 0 Å². The summed E-state index contributed by atoms with van der Waals surface area (Å²) < 4.78 is 7.41. The number of rotatable bonds is 2. The summed E-state index contributed by atoms with van der Waals surface area (Å²) in [6.07, 6.45) is 0. The predicted octanol–water partition coefficient (Wildman–Crippen LogP) is 1.30. The number of hydrogen-bond donors (Lipinski definition) is 0. The molecule has 102 valence electrons. The fourth-order valence-corrected chi connectivity index (χ4v) is 2.54. The minimum absolute atomic E-state index is 0.754. The highest BCUT2D eigenvalue weighted by Crippen LogP contribution is 2.26. The molecule has 0 radical (unpaired) electrons. The summed E-state index contributed by atoms with van der Waals surface area (Å²) in [4.78, 5) is 11.5. The number of ether oxygens (including phenoxy) is 1. The SMILES string of the molecule is CCn1nc(C)c2nc(C)nc(N3CCOCC3)c21. The number of aryl methyl sites for hydroxylation is 3. The van der Waals surface area contributed by atoms with E-state index in [2.05, 4.69) is 26.9 Å². The van der Waals surface area contributed by atoms with Crippen LogP contribution in [0.4, 0.5) is 5.82 Å². The van der Waals surface area contributed by atoms with Crippen LogP contribution < -0.4 is 4.90 Å². The molecule has 0 saturated carbocycles. The van der Waals surface area contributed by atoms with E-state index in [-0.39, 0.29) is 0 Å². The molecule has 0 bridgehead atoms. The molecule has 0 amide bonds. The molecule has 0 spiro atoms. The van der Waals surface area contributed by atoms with Gasteiger partial charge in [0.25, 0.3) is 0 Å². The van der Waals surface area contributed by atoms with E-state index in [4.69, 9.17) is 4.74 Å². The smallest absolute Gasteiger partial charge is 0.158 e. The summed E-state index contributed by atoms with van der Waals surface area (Å²) in [5.74, 6) is 1.79. The van der Waals surface area contributed by atoms with E-state index in [9.17, 15) is 0 Å². The van der Waals surface area contributed by atoms with Crippen LogP contribution in [0.15, 0.2) is 0 Å². The van der Waals surface area contributed by atoms with Gasteiger partial charge < -0.3 is 9.64 Å². The number of anilines is 1. The first-order valence-electron chi connectivity index (χ1n) is 6.75. The van der Waals surface area contributed by atoms with E-state index in [1.807, 2.05) is 18.5 Å². The summed E-state index contributed by atoms with van der Waals surface area (Å²) in [5, 5.41) is 4.56. The monoisotopic (exact) mass is 261 g/mol. The molecule has 2 aromatic heterocycles. The van der Waals surface area contributed by atoms with E-state index < -0.39 is 0 Å². The van der Waals surface area contributed by atoms with Crippen LogP contribution >= 0.6 is 0 Å². The highest BCUT2D eigenvalue weighted by atomic mass is 16.5. The van der Waals surface area contributed by atoms with Gasteiger partial charge in [-0.3, -0.25) is 4.68 Å². The van der Waals surface area contributed by atoms with Gasteiger partial charge >= 0.3 is 0 Å². The maximum absolute atomic E-state index is 5.42. The van der Waals surface area contributed by atoms with E-state index in [0.717, 1.165) is 61.2 Å². The zero-order chi connectivity index (χ0) is 13.4. The van der Waals surface area contributed by atoms with Crippen molar-refractivity contribution in [2.24, 2.45) is 0 Å². The Hall–Kier alpha value is -1.69. The van der Waals surface area contributed by atoms with Crippen molar-refractivity contribution in [2.45, 2.75) is 27.3 Å². The zero-order valence-corrected chi connectivity index (χ0v) is 11.7. The van der Waals surface area contributed by atoms with Crippen molar-refractivity contribution in [3.05, 3.63) is 11.5 Å². The lowest BCUT2D eigenvalue weighted by Gasteiger charge is -2.28. The topological polar surface area (TPSA) is 56.1 Å². The number of nitrogens with zero attached hydrogens (tertiary/aromatic N) is 5. The summed E-state index contributed by atoms with van der Waals surface area (Å²) in [7, 11) is 0. The molecule has 3 rings (SSSR count). The van der Waals surface area contributed by atoms with Crippen LogP contribution in [0.25, 0.3) is 11.0 Å². The lowest BCUT2D eigenvalue weighted by molar-refractivity contribution is 0.122.